The molecule has 1 aliphatic rings. The van der Waals surface area contributed by atoms with E-state index in [4.69, 9.17) is 5.73 Å². The number of alkyl halides is 3. The van der Waals surface area contributed by atoms with Crippen LogP contribution in [0.15, 0.2) is 24.3 Å². The fourth-order valence-corrected chi connectivity index (χ4v) is 3.22. The van der Waals surface area contributed by atoms with Crippen molar-refractivity contribution in [3.05, 3.63) is 35.4 Å². The van der Waals surface area contributed by atoms with E-state index in [2.05, 4.69) is 5.32 Å². The van der Waals surface area contributed by atoms with Gasteiger partial charge in [-0.1, -0.05) is 31.4 Å². The van der Waals surface area contributed by atoms with Gasteiger partial charge in [0, 0.05) is 13.0 Å². The molecule has 0 radical (unpaired) electrons. The second-order valence-corrected chi connectivity index (χ2v) is 6.42. The average molecular weight is 328 g/mol. The minimum atomic E-state index is -4.37. The molecule has 128 valence electrons. The molecular formula is C17H23F3N2O. The van der Waals surface area contributed by atoms with Crippen LogP contribution in [0.5, 0.6) is 0 Å². The summed E-state index contributed by atoms with van der Waals surface area (Å²) in [6, 6.07) is 5.03. The van der Waals surface area contributed by atoms with Crippen LogP contribution < -0.4 is 11.1 Å². The monoisotopic (exact) mass is 328 g/mol. The Hall–Kier alpha value is -1.56. The van der Waals surface area contributed by atoms with Crippen LogP contribution in [0.1, 0.15) is 49.7 Å². The minimum Gasteiger partial charge on any atom is -0.352 e. The maximum absolute atomic E-state index is 12.7. The maximum Gasteiger partial charge on any atom is 0.416 e. The third-order valence-electron chi connectivity index (χ3n) is 4.63. The fraction of sp³-hybridized carbons (Fsp3) is 0.588. The number of nitrogens with one attached hydrogen (secondary N) is 1. The molecule has 3 N–H and O–H groups in total. The number of carbonyl (C=O) groups excluding carboxylic acids is 1. The molecule has 0 aliphatic heterocycles. The topological polar surface area (TPSA) is 55.1 Å². The Morgan fingerprint density at radius 3 is 2.52 bits per heavy atom. The van der Waals surface area contributed by atoms with Crippen molar-refractivity contribution in [2.24, 2.45) is 11.1 Å². The fourth-order valence-electron chi connectivity index (χ4n) is 3.22. The van der Waals surface area contributed by atoms with Crippen molar-refractivity contribution in [3.63, 3.8) is 0 Å². The molecule has 2 rings (SSSR count). The summed E-state index contributed by atoms with van der Waals surface area (Å²) in [5, 5.41) is 2.72. The lowest BCUT2D eigenvalue weighted by atomic mass is 9.71. The van der Waals surface area contributed by atoms with E-state index >= 15 is 0 Å². The zero-order chi connectivity index (χ0) is 16.9. The number of amides is 1. The molecular weight excluding hydrogens is 305 g/mol. The van der Waals surface area contributed by atoms with Gasteiger partial charge in [-0.15, -0.1) is 0 Å². The van der Waals surface area contributed by atoms with Crippen LogP contribution in [-0.2, 0) is 17.5 Å². The van der Waals surface area contributed by atoms with Gasteiger partial charge in [-0.2, -0.15) is 13.2 Å². The van der Waals surface area contributed by atoms with E-state index in [1.807, 2.05) is 0 Å². The van der Waals surface area contributed by atoms with E-state index in [1.54, 1.807) is 6.07 Å². The first-order valence-electron chi connectivity index (χ1n) is 7.98. The van der Waals surface area contributed by atoms with Crippen molar-refractivity contribution >= 4 is 5.91 Å². The van der Waals surface area contributed by atoms with Crippen LogP contribution in [0.25, 0.3) is 0 Å². The van der Waals surface area contributed by atoms with Crippen LogP contribution in [0.4, 0.5) is 13.2 Å². The highest BCUT2D eigenvalue weighted by atomic mass is 19.4. The summed E-state index contributed by atoms with van der Waals surface area (Å²) in [6.45, 7) is 0.577. The summed E-state index contributed by atoms with van der Waals surface area (Å²) in [7, 11) is 0. The van der Waals surface area contributed by atoms with Gasteiger partial charge in [0.25, 0.3) is 0 Å². The van der Waals surface area contributed by atoms with E-state index in [0.29, 0.717) is 18.5 Å². The predicted octanol–water partition coefficient (Wildman–Crippen LogP) is 3.62. The van der Waals surface area contributed by atoms with Crippen molar-refractivity contribution < 1.29 is 18.0 Å². The van der Waals surface area contributed by atoms with Crippen LogP contribution in [0.3, 0.4) is 0 Å². The number of carbonyl (C=O) groups is 1. The molecule has 23 heavy (non-hydrogen) atoms. The van der Waals surface area contributed by atoms with Crippen molar-refractivity contribution in [1.29, 1.82) is 0 Å². The molecule has 0 spiro atoms. The van der Waals surface area contributed by atoms with E-state index in [1.165, 1.54) is 12.5 Å². The maximum atomic E-state index is 12.7. The van der Waals surface area contributed by atoms with Crippen molar-refractivity contribution in [2.45, 2.75) is 51.2 Å². The number of hydrogen-bond donors (Lipinski definition) is 2. The SMILES string of the molecule is NCC1(CC(=O)NCc2cccc(C(F)(F)F)c2)CCCCC1. The van der Waals surface area contributed by atoms with Crippen molar-refractivity contribution in [1.82, 2.24) is 5.32 Å². The predicted molar refractivity (Wildman–Crippen MR) is 82.5 cm³/mol. The van der Waals surface area contributed by atoms with E-state index in [0.717, 1.165) is 37.8 Å². The standard InChI is InChI=1S/C17H23F3N2O/c18-17(19,20)14-6-4-5-13(9-14)11-22-15(23)10-16(12-21)7-2-1-3-8-16/h4-6,9H,1-3,7-8,10-12,21H2,(H,22,23). The molecule has 0 atom stereocenters. The molecule has 6 heteroatoms. The van der Waals surface area contributed by atoms with Gasteiger partial charge in [0.15, 0.2) is 0 Å². The molecule has 1 fully saturated rings. The molecule has 1 aromatic rings. The van der Waals surface area contributed by atoms with Gasteiger partial charge in [0.2, 0.25) is 5.91 Å². The summed E-state index contributed by atoms with van der Waals surface area (Å²) in [5.74, 6) is -0.144. The molecule has 1 amide bonds. The second kappa shape index (κ2) is 7.34. The van der Waals surface area contributed by atoms with E-state index < -0.39 is 11.7 Å². The van der Waals surface area contributed by atoms with Gasteiger partial charge in [0.1, 0.15) is 0 Å². The number of benzene rings is 1. The summed E-state index contributed by atoms with van der Waals surface area (Å²) in [5.41, 5.74) is 5.46. The Morgan fingerprint density at radius 2 is 1.91 bits per heavy atom. The molecule has 3 nitrogen and oxygen atoms in total. The lowest BCUT2D eigenvalue weighted by Crippen LogP contribution is -2.38. The zero-order valence-corrected chi connectivity index (χ0v) is 13.1. The largest absolute Gasteiger partial charge is 0.416 e. The molecule has 0 bridgehead atoms. The number of hydrogen-bond acceptors (Lipinski definition) is 2. The lowest BCUT2D eigenvalue weighted by Gasteiger charge is -2.35. The Balaban J connectivity index is 1.91. The average Bonchev–Trinajstić information content (AvgIpc) is 2.53. The van der Waals surface area contributed by atoms with E-state index in [9.17, 15) is 18.0 Å². The highest BCUT2D eigenvalue weighted by Crippen LogP contribution is 2.38. The molecule has 1 aliphatic carbocycles. The summed E-state index contributed by atoms with van der Waals surface area (Å²) in [6.07, 6.45) is 1.21. The summed E-state index contributed by atoms with van der Waals surface area (Å²) in [4.78, 5) is 12.1. The summed E-state index contributed by atoms with van der Waals surface area (Å²) >= 11 is 0. The van der Waals surface area contributed by atoms with Crippen molar-refractivity contribution in [3.8, 4) is 0 Å². The third-order valence-corrected chi connectivity index (χ3v) is 4.63. The van der Waals surface area contributed by atoms with Gasteiger partial charge in [-0.3, -0.25) is 4.79 Å². The van der Waals surface area contributed by atoms with Gasteiger partial charge in [-0.05, 0) is 42.5 Å². The second-order valence-electron chi connectivity index (χ2n) is 6.42. The Kier molecular flexibility index (Phi) is 5.68. The van der Waals surface area contributed by atoms with Gasteiger partial charge in [0.05, 0.1) is 5.56 Å². The van der Waals surface area contributed by atoms with Crippen LogP contribution in [0, 0.1) is 5.41 Å². The highest BCUT2D eigenvalue weighted by Gasteiger charge is 2.33. The van der Waals surface area contributed by atoms with Crippen LogP contribution in [0.2, 0.25) is 0 Å². The third kappa shape index (κ3) is 4.96. The zero-order valence-electron chi connectivity index (χ0n) is 13.1. The Bertz CT molecular complexity index is 537. The van der Waals surface area contributed by atoms with Gasteiger partial charge < -0.3 is 11.1 Å². The lowest BCUT2D eigenvalue weighted by molar-refractivity contribution is -0.137. The number of halogens is 3. The highest BCUT2D eigenvalue weighted by molar-refractivity contribution is 5.76. The van der Waals surface area contributed by atoms with Gasteiger partial charge >= 0.3 is 6.18 Å². The molecule has 1 aromatic carbocycles. The number of rotatable bonds is 5. The molecule has 0 heterocycles. The summed E-state index contributed by atoms with van der Waals surface area (Å²) < 4.78 is 38.0. The molecule has 0 saturated heterocycles. The van der Waals surface area contributed by atoms with E-state index in [-0.39, 0.29) is 17.9 Å². The first-order chi connectivity index (χ1) is 10.8. The Morgan fingerprint density at radius 1 is 1.22 bits per heavy atom. The molecule has 1 saturated carbocycles. The molecule has 0 unspecified atom stereocenters. The molecule has 0 aromatic heterocycles. The smallest absolute Gasteiger partial charge is 0.352 e. The minimum absolute atomic E-state index is 0.101. The van der Waals surface area contributed by atoms with Crippen LogP contribution in [-0.4, -0.2) is 12.5 Å². The van der Waals surface area contributed by atoms with Gasteiger partial charge in [-0.25, -0.2) is 0 Å². The first-order valence-corrected chi connectivity index (χ1v) is 7.98. The normalized spacial score (nSPS) is 17.7. The number of nitrogens with two attached hydrogens (primary N) is 1. The van der Waals surface area contributed by atoms with Crippen LogP contribution >= 0.6 is 0 Å². The first kappa shape index (κ1) is 17.8. The van der Waals surface area contributed by atoms with Crippen molar-refractivity contribution in [2.75, 3.05) is 6.54 Å². The Labute approximate surface area is 134 Å². The quantitative estimate of drug-likeness (QED) is 0.867.